The molecule has 1 saturated heterocycles. The zero-order valence-electron chi connectivity index (χ0n) is 16.5. The van der Waals surface area contributed by atoms with Gasteiger partial charge in [0.15, 0.2) is 9.84 Å². The number of fused-ring (bicyclic) bond motifs is 1. The Balaban J connectivity index is 1.68. The zero-order valence-corrected chi connectivity index (χ0v) is 18.0. The van der Waals surface area contributed by atoms with Crippen molar-refractivity contribution in [2.75, 3.05) is 11.5 Å². The van der Waals surface area contributed by atoms with Gasteiger partial charge in [-0.3, -0.25) is 23.5 Å². The van der Waals surface area contributed by atoms with Crippen LogP contribution in [0.3, 0.4) is 0 Å². The lowest BCUT2D eigenvalue weighted by Crippen LogP contribution is -2.45. The van der Waals surface area contributed by atoms with Crippen molar-refractivity contribution in [1.82, 2.24) is 14.5 Å². The van der Waals surface area contributed by atoms with Gasteiger partial charge in [-0.1, -0.05) is 35.9 Å². The Labute approximate surface area is 183 Å². The van der Waals surface area contributed by atoms with Crippen molar-refractivity contribution in [3.8, 4) is 0 Å². The van der Waals surface area contributed by atoms with Crippen LogP contribution >= 0.6 is 11.6 Å². The maximum atomic E-state index is 12.9. The van der Waals surface area contributed by atoms with Crippen molar-refractivity contribution in [1.29, 1.82) is 0 Å². The summed E-state index contributed by atoms with van der Waals surface area (Å²) in [6.07, 6.45) is 0.340. The quantitative estimate of drug-likeness (QED) is 0.574. The number of hydrogen-bond donors (Lipinski definition) is 1. The number of amides is 1. The summed E-state index contributed by atoms with van der Waals surface area (Å²) < 4.78 is 25.7. The number of nitrogens with one attached hydrogen (secondary N) is 1. The Morgan fingerprint density at radius 1 is 1.00 bits per heavy atom. The first-order valence-electron chi connectivity index (χ1n) is 9.70. The molecule has 1 N–H and O–H groups in total. The van der Waals surface area contributed by atoms with Crippen LogP contribution in [-0.2, 0) is 27.7 Å². The van der Waals surface area contributed by atoms with Crippen molar-refractivity contribution >= 4 is 38.4 Å². The number of nitrogens with zero attached hydrogens (tertiary/aromatic N) is 2. The van der Waals surface area contributed by atoms with E-state index < -0.39 is 32.9 Å². The molecular weight excluding hydrogens is 442 g/mol. The van der Waals surface area contributed by atoms with E-state index in [0.717, 1.165) is 10.1 Å². The molecule has 1 atom stereocenters. The highest BCUT2D eigenvalue weighted by molar-refractivity contribution is 7.91. The monoisotopic (exact) mass is 461 g/mol. The zero-order chi connectivity index (χ0) is 22.2. The molecule has 1 aliphatic rings. The van der Waals surface area contributed by atoms with Crippen molar-refractivity contribution < 1.29 is 13.2 Å². The van der Waals surface area contributed by atoms with Gasteiger partial charge >= 0.3 is 11.1 Å². The third kappa shape index (κ3) is 4.57. The molecule has 2 heterocycles. The summed E-state index contributed by atoms with van der Waals surface area (Å²) in [5, 5.41) is 3.22. The van der Waals surface area contributed by atoms with E-state index in [2.05, 4.69) is 5.32 Å². The predicted octanol–water partition coefficient (Wildman–Crippen LogP) is 1.17. The summed E-state index contributed by atoms with van der Waals surface area (Å²) in [7, 11) is -3.15. The normalized spacial score (nSPS) is 17.6. The van der Waals surface area contributed by atoms with E-state index in [4.69, 9.17) is 11.6 Å². The predicted molar refractivity (Wildman–Crippen MR) is 118 cm³/mol. The fraction of sp³-hybridized carbons (Fsp3) is 0.286. The van der Waals surface area contributed by atoms with Gasteiger partial charge in [0.1, 0.15) is 6.54 Å². The topological polar surface area (TPSA) is 107 Å². The standard InChI is InChI=1S/C21H20ClN3O5S/c22-15-7-5-14(6-8-15)11-24-17-3-1-2-4-18(17)25(21(28)20(24)27)12-19(26)23-16-9-10-31(29,30)13-16/h1-8,16H,9-13H2,(H,23,26)/t16-/m0/s1. The summed E-state index contributed by atoms with van der Waals surface area (Å²) in [6.45, 7) is -0.189. The van der Waals surface area contributed by atoms with E-state index in [-0.39, 0.29) is 24.6 Å². The third-order valence-corrected chi connectivity index (χ3v) is 7.31. The molecule has 0 unspecified atom stereocenters. The number of carbonyl (C=O) groups excluding carboxylic acids is 1. The maximum absolute atomic E-state index is 12.9. The molecule has 1 aliphatic heterocycles. The molecule has 0 saturated carbocycles. The molecule has 3 aromatic rings. The van der Waals surface area contributed by atoms with Gasteiger partial charge in [-0.05, 0) is 36.2 Å². The Bertz CT molecular complexity index is 1380. The third-order valence-electron chi connectivity index (χ3n) is 5.29. The summed E-state index contributed by atoms with van der Waals surface area (Å²) in [5.41, 5.74) is 0.189. The fourth-order valence-electron chi connectivity index (χ4n) is 3.78. The van der Waals surface area contributed by atoms with Crippen LogP contribution in [-0.4, -0.2) is 41.0 Å². The van der Waals surface area contributed by atoms with Crippen molar-refractivity contribution in [3.05, 3.63) is 79.8 Å². The van der Waals surface area contributed by atoms with Crippen molar-refractivity contribution in [2.24, 2.45) is 0 Å². The van der Waals surface area contributed by atoms with E-state index in [1.54, 1.807) is 48.5 Å². The van der Waals surface area contributed by atoms with Crippen molar-refractivity contribution in [2.45, 2.75) is 25.6 Å². The average Bonchev–Trinajstić information content (AvgIpc) is 3.08. The lowest BCUT2D eigenvalue weighted by Gasteiger charge is -2.16. The number of para-hydroxylation sites is 2. The minimum atomic E-state index is -3.15. The van der Waals surface area contributed by atoms with E-state index >= 15 is 0 Å². The molecule has 162 valence electrons. The minimum absolute atomic E-state index is 0.0293. The Morgan fingerprint density at radius 3 is 2.23 bits per heavy atom. The number of carbonyl (C=O) groups is 1. The minimum Gasteiger partial charge on any atom is -0.351 e. The second kappa shape index (κ2) is 8.32. The Hall–Kier alpha value is -2.91. The molecule has 1 amide bonds. The first kappa shape index (κ1) is 21.3. The average molecular weight is 462 g/mol. The summed E-state index contributed by atoms with van der Waals surface area (Å²) in [6, 6.07) is 13.3. The van der Waals surface area contributed by atoms with Gasteiger partial charge < -0.3 is 5.32 Å². The lowest BCUT2D eigenvalue weighted by atomic mass is 10.2. The van der Waals surface area contributed by atoms with Gasteiger partial charge in [0.2, 0.25) is 5.91 Å². The van der Waals surface area contributed by atoms with Crippen LogP contribution in [0.4, 0.5) is 0 Å². The van der Waals surface area contributed by atoms with Crippen LogP contribution in [0.15, 0.2) is 58.1 Å². The van der Waals surface area contributed by atoms with Crippen LogP contribution in [0.2, 0.25) is 5.02 Å². The highest BCUT2D eigenvalue weighted by atomic mass is 35.5. The molecular formula is C21H20ClN3O5S. The second-order valence-corrected chi connectivity index (χ2v) is 10.2. The number of sulfone groups is 1. The Kier molecular flexibility index (Phi) is 5.72. The van der Waals surface area contributed by atoms with Gasteiger partial charge in [-0.25, -0.2) is 8.42 Å². The lowest BCUT2D eigenvalue weighted by molar-refractivity contribution is -0.122. The van der Waals surface area contributed by atoms with Gasteiger partial charge in [-0.15, -0.1) is 0 Å². The summed E-state index contributed by atoms with van der Waals surface area (Å²) >= 11 is 5.92. The van der Waals surface area contributed by atoms with E-state index in [1.807, 2.05) is 0 Å². The van der Waals surface area contributed by atoms with Crippen LogP contribution in [0.5, 0.6) is 0 Å². The highest BCUT2D eigenvalue weighted by Crippen LogP contribution is 2.15. The maximum Gasteiger partial charge on any atom is 0.317 e. The van der Waals surface area contributed by atoms with Crippen LogP contribution in [0.25, 0.3) is 11.0 Å². The molecule has 8 nitrogen and oxygen atoms in total. The van der Waals surface area contributed by atoms with Crippen LogP contribution in [0, 0.1) is 0 Å². The molecule has 4 rings (SSSR count). The molecule has 0 spiro atoms. The number of halogens is 1. The molecule has 0 radical (unpaired) electrons. The largest absolute Gasteiger partial charge is 0.351 e. The smallest absolute Gasteiger partial charge is 0.317 e. The van der Waals surface area contributed by atoms with Gasteiger partial charge in [-0.2, -0.15) is 0 Å². The first-order valence-corrected chi connectivity index (χ1v) is 11.9. The fourth-order valence-corrected chi connectivity index (χ4v) is 5.58. The molecule has 2 aromatic carbocycles. The molecule has 1 fully saturated rings. The SMILES string of the molecule is O=C(Cn1c(=O)c(=O)n(Cc2ccc(Cl)cc2)c2ccccc21)N[C@H]1CCS(=O)(=O)C1. The molecule has 0 aliphatic carbocycles. The summed E-state index contributed by atoms with van der Waals surface area (Å²) in [5.74, 6) is -0.595. The summed E-state index contributed by atoms with van der Waals surface area (Å²) in [4.78, 5) is 38.2. The Morgan fingerprint density at radius 2 is 1.61 bits per heavy atom. The second-order valence-electron chi connectivity index (χ2n) is 7.57. The van der Waals surface area contributed by atoms with E-state index in [9.17, 15) is 22.8 Å². The van der Waals surface area contributed by atoms with E-state index in [1.165, 1.54) is 4.57 Å². The number of benzene rings is 2. The van der Waals surface area contributed by atoms with Crippen LogP contribution < -0.4 is 16.4 Å². The van der Waals surface area contributed by atoms with E-state index in [0.29, 0.717) is 22.5 Å². The van der Waals surface area contributed by atoms with Gasteiger partial charge in [0.25, 0.3) is 0 Å². The molecule has 0 bridgehead atoms. The first-order chi connectivity index (χ1) is 14.7. The molecule has 31 heavy (non-hydrogen) atoms. The number of hydrogen-bond acceptors (Lipinski definition) is 5. The van der Waals surface area contributed by atoms with Crippen LogP contribution in [0.1, 0.15) is 12.0 Å². The number of aromatic nitrogens is 2. The van der Waals surface area contributed by atoms with Gasteiger partial charge in [0.05, 0.1) is 29.1 Å². The molecule has 10 heteroatoms. The van der Waals surface area contributed by atoms with Crippen molar-refractivity contribution in [3.63, 3.8) is 0 Å². The number of rotatable bonds is 5. The van der Waals surface area contributed by atoms with Gasteiger partial charge in [0, 0.05) is 11.1 Å². The molecule has 1 aromatic heterocycles. The highest BCUT2D eigenvalue weighted by Gasteiger charge is 2.29.